The molecule has 0 aromatic carbocycles. The van der Waals surface area contributed by atoms with Gasteiger partial charge in [0.05, 0.1) is 11.4 Å². The predicted octanol–water partition coefficient (Wildman–Crippen LogP) is 1.28. The van der Waals surface area contributed by atoms with Crippen molar-refractivity contribution in [2.75, 3.05) is 24.1 Å². The highest BCUT2D eigenvalue weighted by molar-refractivity contribution is 5.76. The number of anilines is 2. The van der Waals surface area contributed by atoms with Gasteiger partial charge in [0.25, 0.3) is 0 Å². The van der Waals surface area contributed by atoms with Crippen LogP contribution >= 0.6 is 0 Å². The normalized spacial score (nSPS) is 10.5. The molecule has 0 saturated carbocycles. The Morgan fingerprint density at radius 3 is 2.68 bits per heavy atom. The number of carbonyl (C=O) groups is 1. The summed E-state index contributed by atoms with van der Waals surface area (Å²) in [7, 11) is 1.86. The Kier molecular flexibility index (Phi) is 6.18. The molecule has 1 rings (SSSR count). The van der Waals surface area contributed by atoms with E-state index in [1.807, 2.05) is 14.0 Å². The molecule has 6 heteroatoms. The zero-order valence-corrected chi connectivity index (χ0v) is 12.1. The van der Waals surface area contributed by atoms with Gasteiger partial charge in [-0.3, -0.25) is 9.48 Å². The summed E-state index contributed by atoms with van der Waals surface area (Å²) in [6, 6.07) is 0. The van der Waals surface area contributed by atoms with Crippen molar-refractivity contribution < 1.29 is 4.79 Å². The second-order valence-electron chi connectivity index (χ2n) is 4.61. The van der Waals surface area contributed by atoms with Crippen LogP contribution in [0.15, 0.2) is 0 Å². The molecule has 0 saturated heterocycles. The first-order chi connectivity index (χ1) is 9.10. The summed E-state index contributed by atoms with van der Waals surface area (Å²) in [5, 5.41) is 10.4. The third kappa shape index (κ3) is 4.46. The van der Waals surface area contributed by atoms with Gasteiger partial charge in [-0.15, -0.1) is 0 Å². The van der Waals surface area contributed by atoms with Crippen molar-refractivity contribution >= 4 is 17.4 Å². The van der Waals surface area contributed by atoms with Gasteiger partial charge < -0.3 is 16.4 Å². The number of hydrogen-bond donors (Lipinski definition) is 3. The van der Waals surface area contributed by atoms with E-state index < -0.39 is 0 Å². The molecule has 0 spiro atoms. The standard InChI is InChI=1S/C13H25N5O/c1-4-6-10-12(14)13(18(3)17-10)16-9-7-11(19)15-8-5-2/h16H,4-9,14H2,1-3H3,(H,15,19). The Morgan fingerprint density at radius 2 is 2.05 bits per heavy atom. The highest BCUT2D eigenvalue weighted by Gasteiger charge is 2.12. The third-order valence-corrected chi connectivity index (χ3v) is 2.86. The van der Waals surface area contributed by atoms with Crippen LogP contribution in [-0.2, 0) is 18.3 Å². The topological polar surface area (TPSA) is 85.0 Å². The van der Waals surface area contributed by atoms with Gasteiger partial charge in [-0.05, 0) is 12.8 Å². The van der Waals surface area contributed by atoms with Crippen LogP contribution in [0, 0.1) is 0 Å². The first kappa shape index (κ1) is 15.3. The lowest BCUT2D eigenvalue weighted by Gasteiger charge is -2.08. The molecular formula is C13H25N5O. The number of nitrogens with two attached hydrogens (primary N) is 1. The highest BCUT2D eigenvalue weighted by atomic mass is 16.1. The molecule has 0 atom stereocenters. The number of hydrogen-bond acceptors (Lipinski definition) is 4. The molecule has 1 aromatic heterocycles. The molecule has 4 N–H and O–H groups in total. The summed E-state index contributed by atoms with van der Waals surface area (Å²) in [5.41, 5.74) is 7.65. The number of nitrogen functional groups attached to an aromatic ring is 1. The Balaban J connectivity index is 2.47. The van der Waals surface area contributed by atoms with Gasteiger partial charge in [0, 0.05) is 26.6 Å². The largest absolute Gasteiger partial charge is 0.394 e. The smallest absolute Gasteiger partial charge is 0.221 e. The zero-order chi connectivity index (χ0) is 14.3. The van der Waals surface area contributed by atoms with Gasteiger partial charge >= 0.3 is 0 Å². The molecule has 0 aliphatic carbocycles. The fourth-order valence-corrected chi connectivity index (χ4v) is 1.87. The van der Waals surface area contributed by atoms with Crippen molar-refractivity contribution in [3.63, 3.8) is 0 Å². The maximum atomic E-state index is 11.5. The summed E-state index contributed by atoms with van der Waals surface area (Å²) < 4.78 is 1.74. The van der Waals surface area contributed by atoms with Crippen LogP contribution in [0.1, 0.15) is 38.8 Å². The quantitative estimate of drug-likeness (QED) is 0.662. The van der Waals surface area contributed by atoms with Gasteiger partial charge in [-0.25, -0.2) is 0 Å². The van der Waals surface area contributed by atoms with Gasteiger partial charge in [0.15, 0.2) is 0 Å². The first-order valence-corrected chi connectivity index (χ1v) is 6.92. The number of nitrogens with zero attached hydrogens (tertiary/aromatic N) is 2. The molecule has 1 heterocycles. The molecule has 0 radical (unpaired) electrons. The molecule has 1 aromatic rings. The van der Waals surface area contributed by atoms with E-state index in [-0.39, 0.29) is 5.91 Å². The van der Waals surface area contributed by atoms with Crippen LogP contribution in [0.4, 0.5) is 11.5 Å². The summed E-state index contributed by atoms with van der Waals surface area (Å²) in [6.45, 7) is 5.42. The fourth-order valence-electron chi connectivity index (χ4n) is 1.87. The summed E-state index contributed by atoms with van der Waals surface area (Å²) in [4.78, 5) is 11.5. The molecule has 1 amide bonds. The maximum Gasteiger partial charge on any atom is 0.221 e. The van der Waals surface area contributed by atoms with Gasteiger partial charge in [-0.2, -0.15) is 5.10 Å². The van der Waals surface area contributed by atoms with Crippen molar-refractivity contribution in [2.45, 2.75) is 39.5 Å². The Morgan fingerprint density at radius 1 is 1.32 bits per heavy atom. The molecule has 0 aliphatic rings. The van der Waals surface area contributed by atoms with Crippen LogP contribution in [-0.4, -0.2) is 28.8 Å². The molecule has 0 aliphatic heterocycles. The monoisotopic (exact) mass is 267 g/mol. The average Bonchev–Trinajstić information content (AvgIpc) is 2.64. The molecule has 108 valence electrons. The van der Waals surface area contributed by atoms with E-state index in [9.17, 15) is 4.79 Å². The van der Waals surface area contributed by atoms with Gasteiger partial charge in [0.1, 0.15) is 5.82 Å². The first-order valence-electron chi connectivity index (χ1n) is 6.92. The minimum Gasteiger partial charge on any atom is -0.394 e. The van der Waals surface area contributed by atoms with Crippen LogP contribution in [0.3, 0.4) is 0 Å². The van der Waals surface area contributed by atoms with Crippen molar-refractivity contribution in [1.29, 1.82) is 0 Å². The Bertz CT molecular complexity index is 413. The number of aryl methyl sites for hydroxylation is 2. The second kappa shape index (κ2) is 7.66. The summed E-state index contributed by atoms with van der Waals surface area (Å²) >= 11 is 0. The van der Waals surface area contributed by atoms with E-state index in [4.69, 9.17) is 5.73 Å². The van der Waals surface area contributed by atoms with Crippen LogP contribution < -0.4 is 16.4 Å². The van der Waals surface area contributed by atoms with E-state index in [0.717, 1.165) is 37.3 Å². The molecule has 0 unspecified atom stereocenters. The lowest BCUT2D eigenvalue weighted by Crippen LogP contribution is -2.26. The van der Waals surface area contributed by atoms with Crippen molar-refractivity contribution in [2.24, 2.45) is 7.05 Å². The van der Waals surface area contributed by atoms with E-state index in [1.54, 1.807) is 4.68 Å². The molecular weight excluding hydrogens is 242 g/mol. The highest BCUT2D eigenvalue weighted by Crippen LogP contribution is 2.22. The van der Waals surface area contributed by atoms with Crippen molar-refractivity contribution in [3.8, 4) is 0 Å². The van der Waals surface area contributed by atoms with E-state index >= 15 is 0 Å². The number of carbonyl (C=O) groups excluding carboxylic acids is 1. The lowest BCUT2D eigenvalue weighted by atomic mass is 10.2. The van der Waals surface area contributed by atoms with Crippen molar-refractivity contribution in [1.82, 2.24) is 15.1 Å². The molecule has 19 heavy (non-hydrogen) atoms. The summed E-state index contributed by atoms with van der Waals surface area (Å²) in [5.74, 6) is 0.857. The lowest BCUT2D eigenvalue weighted by molar-refractivity contribution is -0.120. The molecule has 0 fully saturated rings. The predicted molar refractivity (Wildman–Crippen MR) is 78.0 cm³/mol. The van der Waals surface area contributed by atoms with E-state index in [1.165, 1.54) is 0 Å². The van der Waals surface area contributed by atoms with Crippen LogP contribution in [0.25, 0.3) is 0 Å². The van der Waals surface area contributed by atoms with E-state index in [0.29, 0.717) is 18.7 Å². The molecule has 0 bridgehead atoms. The minimum absolute atomic E-state index is 0.0591. The SMILES string of the molecule is CCCNC(=O)CCNc1c(N)c(CCC)nn1C. The number of amides is 1. The number of rotatable bonds is 8. The molecule has 6 nitrogen and oxygen atoms in total. The average molecular weight is 267 g/mol. The fraction of sp³-hybridized carbons (Fsp3) is 0.692. The van der Waals surface area contributed by atoms with Crippen LogP contribution in [0.2, 0.25) is 0 Å². The van der Waals surface area contributed by atoms with Gasteiger partial charge in [0.2, 0.25) is 5.91 Å². The zero-order valence-electron chi connectivity index (χ0n) is 12.1. The Hall–Kier alpha value is -1.72. The third-order valence-electron chi connectivity index (χ3n) is 2.86. The number of aromatic nitrogens is 2. The van der Waals surface area contributed by atoms with Crippen molar-refractivity contribution in [3.05, 3.63) is 5.69 Å². The Labute approximate surface area is 114 Å². The van der Waals surface area contributed by atoms with Gasteiger partial charge in [-0.1, -0.05) is 20.3 Å². The number of nitrogens with one attached hydrogen (secondary N) is 2. The summed E-state index contributed by atoms with van der Waals surface area (Å²) in [6.07, 6.45) is 3.28. The maximum absolute atomic E-state index is 11.5. The van der Waals surface area contributed by atoms with Crippen LogP contribution in [0.5, 0.6) is 0 Å². The second-order valence-corrected chi connectivity index (χ2v) is 4.61. The van der Waals surface area contributed by atoms with E-state index in [2.05, 4.69) is 22.7 Å². The minimum atomic E-state index is 0.0591.